The van der Waals surface area contributed by atoms with Crippen LogP contribution in [0.5, 0.6) is 0 Å². The zero-order chi connectivity index (χ0) is 23.3. The van der Waals surface area contributed by atoms with Crippen LogP contribution in [0, 0.1) is 0 Å². The number of imide groups is 1. The zero-order valence-electron chi connectivity index (χ0n) is 17.9. The predicted octanol–water partition coefficient (Wildman–Crippen LogP) is 3.23. The molecule has 166 valence electrons. The molecule has 1 aliphatic rings. The summed E-state index contributed by atoms with van der Waals surface area (Å²) in [6.07, 6.45) is 1.60. The van der Waals surface area contributed by atoms with Gasteiger partial charge in [0.05, 0.1) is 11.1 Å². The fourth-order valence-corrected chi connectivity index (χ4v) is 3.46. The Morgan fingerprint density at radius 3 is 2.09 bits per heavy atom. The van der Waals surface area contributed by atoms with Gasteiger partial charge < -0.3 is 10.1 Å². The number of ketones is 1. The van der Waals surface area contributed by atoms with Gasteiger partial charge in [-0.2, -0.15) is 0 Å². The van der Waals surface area contributed by atoms with Gasteiger partial charge in [0.15, 0.2) is 12.4 Å². The van der Waals surface area contributed by atoms with Crippen molar-refractivity contribution in [2.45, 2.75) is 39.2 Å². The summed E-state index contributed by atoms with van der Waals surface area (Å²) in [5.74, 6) is -2.57. The molecule has 3 amide bonds. The average molecular weight is 436 g/mol. The van der Waals surface area contributed by atoms with Crippen molar-refractivity contribution in [2.24, 2.45) is 0 Å². The van der Waals surface area contributed by atoms with Crippen molar-refractivity contribution in [3.8, 4) is 0 Å². The number of rotatable bonds is 9. The van der Waals surface area contributed by atoms with E-state index in [1.54, 1.807) is 48.5 Å². The molecule has 1 atom stereocenters. The van der Waals surface area contributed by atoms with Crippen molar-refractivity contribution < 1.29 is 28.7 Å². The Labute approximate surface area is 185 Å². The van der Waals surface area contributed by atoms with Crippen molar-refractivity contribution >= 4 is 35.2 Å². The molecule has 0 aromatic heterocycles. The Kier molecular flexibility index (Phi) is 7.14. The van der Waals surface area contributed by atoms with Crippen molar-refractivity contribution in [1.29, 1.82) is 0 Å². The minimum Gasteiger partial charge on any atom is -0.454 e. The molecule has 0 aliphatic carbocycles. The number of esters is 1. The SMILES string of the molecule is CCCC[C@H](C(=O)OCC(=O)Nc1ccc(C(C)=O)cc1)N1C(=O)c2ccccc2C1=O. The molecule has 8 nitrogen and oxygen atoms in total. The Hall–Kier alpha value is -3.81. The number of anilines is 1. The molecule has 2 aromatic rings. The summed E-state index contributed by atoms with van der Waals surface area (Å²) in [6.45, 7) is 2.80. The number of ether oxygens (including phenoxy) is 1. The van der Waals surface area contributed by atoms with E-state index in [1.165, 1.54) is 6.92 Å². The first-order valence-electron chi connectivity index (χ1n) is 10.4. The molecule has 0 bridgehead atoms. The standard InChI is InChI=1S/C24H24N2O6/c1-3-4-9-20(26-22(29)18-7-5-6-8-19(18)23(26)30)24(31)32-14-21(28)25-17-12-10-16(11-13-17)15(2)27/h5-8,10-13,20H,3-4,9,14H2,1-2H3,(H,25,28)/t20-/m1/s1. The summed E-state index contributed by atoms with van der Waals surface area (Å²) in [4.78, 5) is 62.8. The zero-order valence-corrected chi connectivity index (χ0v) is 17.9. The van der Waals surface area contributed by atoms with Gasteiger partial charge in [0.25, 0.3) is 17.7 Å². The van der Waals surface area contributed by atoms with Crippen LogP contribution in [0.2, 0.25) is 0 Å². The number of carbonyl (C=O) groups is 5. The van der Waals surface area contributed by atoms with E-state index in [-0.39, 0.29) is 23.3 Å². The van der Waals surface area contributed by atoms with E-state index >= 15 is 0 Å². The molecule has 3 rings (SSSR count). The molecule has 1 aliphatic heterocycles. The lowest BCUT2D eigenvalue weighted by molar-refractivity contribution is -0.151. The first-order chi connectivity index (χ1) is 15.3. The second-order valence-electron chi connectivity index (χ2n) is 7.47. The highest BCUT2D eigenvalue weighted by molar-refractivity contribution is 6.22. The molecule has 2 aromatic carbocycles. The summed E-state index contributed by atoms with van der Waals surface area (Å²) in [5, 5.41) is 2.57. The smallest absolute Gasteiger partial charge is 0.329 e. The molecule has 32 heavy (non-hydrogen) atoms. The lowest BCUT2D eigenvalue weighted by Gasteiger charge is -2.24. The highest BCUT2D eigenvalue weighted by Crippen LogP contribution is 2.27. The highest BCUT2D eigenvalue weighted by atomic mass is 16.5. The van der Waals surface area contributed by atoms with Crippen molar-refractivity contribution in [2.75, 3.05) is 11.9 Å². The summed E-state index contributed by atoms with van der Waals surface area (Å²) >= 11 is 0. The van der Waals surface area contributed by atoms with Gasteiger partial charge in [0.2, 0.25) is 0 Å². The highest BCUT2D eigenvalue weighted by Gasteiger charge is 2.43. The molecular formula is C24H24N2O6. The van der Waals surface area contributed by atoms with E-state index < -0.39 is 36.3 Å². The van der Waals surface area contributed by atoms with E-state index in [9.17, 15) is 24.0 Å². The third kappa shape index (κ3) is 4.91. The first kappa shape index (κ1) is 22.9. The number of hydrogen-bond acceptors (Lipinski definition) is 6. The van der Waals surface area contributed by atoms with Gasteiger partial charge in [-0.3, -0.25) is 24.1 Å². The van der Waals surface area contributed by atoms with Gasteiger partial charge >= 0.3 is 5.97 Å². The van der Waals surface area contributed by atoms with Crippen LogP contribution < -0.4 is 5.32 Å². The minimum absolute atomic E-state index is 0.0944. The maximum Gasteiger partial charge on any atom is 0.329 e. The Bertz CT molecular complexity index is 1030. The number of hydrogen-bond donors (Lipinski definition) is 1. The van der Waals surface area contributed by atoms with E-state index in [0.29, 0.717) is 17.7 Å². The molecule has 0 saturated heterocycles. The molecular weight excluding hydrogens is 412 g/mol. The molecule has 0 spiro atoms. The lowest BCUT2D eigenvalue weighted by Crippen LogP contribution is -2.46. The van der Waals surface area contributed by atoms with E-state index in [4.69, 9.17) is 4.74 Å². The number of Topliss-reactive ketones (excluding diaryl/α,β-unsaturated/α-hetero) is 1. The number of nitrogens with zero attached hydrogens (tertiary/aromatic N) is 1. The molecule has 1 heterocycles. The van der Waals surface area contributed by atoms with Crippen LogP contribution in [0.4, 0.5) is 5.69 Å². The van der Waals surface area contributed by atoms with E-state index in [1.807, 2.05) is 6.92 Å². The van der Waals surface area contributed by atoms with Crippen LogP contribution >= 0.6 is 0 Å². The normalized spacial score (nSPS) is 13.5. The molecule has 0 saturated carbocycles. The van der Waals surface area contributed by atoms with Gasteiger partial charge in [0, 0.05) is 11.3 Å². The van der Waals surface area contributed by atoms with Crippen molar-refractivity contribution in [3.63, 3.8) is 0 Å². The Morgan fingerprint density at radius 2 is 1.56 bits per heavy atom. The predicted molar refractivity (Wildman–Crippen MR) is 116 cm³/mol. The van der Waals surface area contributed by atoms with E-state index in [0.717, 1.165) is 11.3 Å². The van der Waals surface area contributed by atoms with Crippen LogP contribution in [0.25, 0.3) is 0 Å². The van der Waals surface area contributed by atoms with Crippen LogP contribution in [-0.2, 0) is 14.3 Å². The molecule has 1 N–H and O–H groups in total. The molecule has 0 radical (unpaired) electrons. The quantitative estimate of drug-likeness (QED) is 0.367. The summed E-state index contributed by atoms with van der Waals surface area (Å²) in [7, 11) is 0. The molecule has 8 heteroatoms. The Morgan fingerprint density at radius 1 is 0.969 bits per heavy atom. The monoisotopic (exact) mass is 436 g/mol. The number of unbranched alkanes of at least 4 members (excludes halogenated alkanes) is 1. The number of amides is 3. The van der Waals surface area contributed by atoms with Crippen LogP contribution in [-0.4, -0.2) is 47.0 Å². The van der Waals surface area contributed by atoms with Crippen LogP contribution in [0.15, 0.2) is 48.5 Å². The van der Waals surface area contributed by atoms with Gasteiger partial charge in [-0.1, -0.05) is 31.9 Å². The fraction of sp³-hybridized carbons (Fsp3) is 0.292. The van der Waals surface area contributed by atoms with Crippen LogP contribution in [0.1, 0.15) is 64.2 Å². The summed E-state index contributed by atoms with van der Waals surface area (Å²) in [6, 6.07) is 11.6. The summed E-state index contributed by atoms with van der Waals surface area (Å²) in [5.41, 5.74) is 1.45. The largest absolute Gasteiger partial charge is 0.454 e. The second kappa shape index (κ2) is 10.00. The van der Waals surface area contributed by atoms with Gasteiger partial charge in [-0.05, 0) is 49.7 Å². The van der Waals surface area contributed by atoms with Crippen molar-refractivity contribution in [1.82, 2.24) is 4.90 Å². The molecule has 0 fully saturated rings. The van der Waals surface area contributed by atoms with Gasteiger partial charge in [-0.25, -0.2) is 4.79 Å². The van der Waals surface area contributed by atoms with Gasteiger partial charge in [0.1, 0.15) is 6.04 Å². The van der Waals surface area contributed by atoms with Gasteiger partial charge in [-0.15, -0.1) is 0 Å². The Balaban J connectivity index is 1.65. The number of fused-ring (bicyclic) bond motifs is 1. The second-order valence-corrected chi connectivity index (χ2v) is 7.47. The average Bonchev–Trinajstić information content (AvgIpc) is 3.04. The minimum atomic E-state index is -1.11. The van der Waals surface area contributed by atoms with Crippen molar-refractivity contribution in [3.05, 3.63) is 65.2 Å². The number of carbonyl (C=O) groups excluding carboxylic acids is 5. The maximum absolute atomic E-state index is 12.8. The lowest BCUT2D eigenvalue weighted by atomic mass is 10.1. The topological polar surface area (TPSA) is 110 Å². The van der Waals surface area contributed by atoms with Crippen LogP contribution in [0.3, 0.4) is 0 Å². The molecule has 0 unspecified atom stereocenters. The maximum atomic E-state index is 12.8. The third-order valence-electron chi connectivity index (χ3n) is 5.16. The fourth-order valence-electron chi connectivity index (χ4n) is 3.46. The third-order valence-corrected chi connectivity index (χ3v) is 5.16. The number of nitrogens with one attached hydrogen (secondary N) is 1. The summed E-state index contributed by atoms with van der Waals surface area (Å²) < 4.78 is 5.15. The first-order valence-corrected chi connectivity index (χ1v) is 10.4. The number of benzene rings is 2. The van der Waals surface area contributed by atoms with E-state index in [2.05, 4.69) is 5.32 Å².